The second-order valence-corrected chi connectivity index (χ2v) is 6.70. The molecule has 2 fully saturated rings. The molecular formula is C15H23F3N4. The molecule has 2 aliphatic carbocycles. The fourth-order valence-electron chi connectivity index (χ4n) is 3.45. The molecule has 3 rings (SSSR count). The minimum absolute atomic E-state index is 0.241. The number of nitrogens with zero attached hydrogens (tertiary/aromatic N) is 4. The Morgan fingerprint density at radius 2 is 1.86 bits per heavy atom. The van der Waals surface area contributed by atoms with E-state index < -0.39 is 18.1 Å². The van der Waals surface area contributed by atoms with Crippen molar-refractivity contribution in [2.24, 2.45) is 13.0 Å². The van der Waals surface area contributed by atoms with Gasteiger partial charge in [-0.15, -0.1) is 0 Å². The van der Waals surface area contributed by atoms with Crippen molar-refractivity contribution < 1.29 is 13.2 Å². The van der Waals surface area contributed by atoms with Crippen molar-refractivity contribution in [2.75, 3.05) is 7.05 Å². The molecule has 4 nitrogen and oxygen atoms in total. The summed E-state index contributed by atoms with van der Waals surface area (Å²) < 4.78 is 41.4. The molecule has 2 atom stereocenters. The van der Waals surface area contributed by atoms with Crippen LogP contribution in [-0.4, -0.2) is 38.9 Å². The molecule has 0 unspecified atom stereocenters. The molecule has 0 N–H and O–H groups in total. The van der Waals surface area contributed by atoms with Gasteiger partial charge in [-0.05, 0) is 32.7 Å². The van der Waals surface area contributed by atoms with Crippen LogP contribution in [0, 0.1) is 5.92 Å². The summed E-state index contributed by atoms with van der Waals surface area (Å²) in [5, 5.41) is 4.40. The first-order valence-electron chi connectivity index (χ1n) is 8.03. The van der Waals surface area contributed by atoms with Gasteiger partial charge in [0.25, 0.3) is 0 Å². The van der Waals surface area contributed by atoms with Gasteiger partial charge in [-0.25, -0.2) is 4.98 Å². The second kappa shape index (κ2) is 5.83. The second-order valence-electron chi connectivity index (χ2n) is 6.70. The van der Waals surface area contributed by atoms with Gasteiger partial charge in [0.05, 0.1) is 12.5 Å². The summed E-state index contributed by atoms with van der Waals surface area (Å²) in [5.41, 5.74) is 0. The van der Waals surface area contributed by atoms with Crippen molar-refractivity contribution in [1.82, 2.24) is 19.7 Å². The number of halogens is 3. The van der Waals surface area contributed by atoms with Crippen LogP contribution < -0.4 is 0 Å². The zero-order chi connectivity index (χ0) is 15.9. The van der Waals surface area contributed by atoms with E-state index >= 15 is 0 Å². The van der Waals surface area contributed by atoms with Gasteiger partial charge in [-0.1, -0.05) is 12.8 Å². The predicted molar refractivity (Wildman–Crippen MR) is 76.2 cm³/mol. The highest BCUT2D eigenvalue weighted by Gasteiger charge is 2.46. The Morgan fingerprint density at radius 3 is 2.50 bits per heavy atom. The number of hydrogen-bond acceptors (Lipinski definition) is 3. The van der Waals surface area contributed by atoms with Crippen LogP contribution >= 0.6 is 0 Å². The number of alkyl halides is 3. The highest BCUT2D eigenvalue weighted by Crippen LogP contribution is 2.40. The lowest BCUT2D eigenvalue weighted by Crippen LogP contribution is -2.46. The fraction of sp³-hybridized carbons (Fsp3) is 0.867. The smallest absolute Gasteiger partial charge is 0.295 e. The minimum atomic E-state index is -4.11. The van der Waals surface area contributed by atoms with Crippen molar-refractivity contribution in [3.8, 4) is 0 Å². The number of aryl methyl sites for hydroxylation is 1. The number of aromatic nitrogens is 3. The third kappa shape index (κ3) is 3.29. The van der Waals surface area contributed by atoms with Gasteiger partial charge in [0, 0.05) is 19.0 Å². The predicted octanol–water partition coefficient (Wildman–Crippen LogP) is 3.25. The van der Waals surface area contributed by atoms with E-state index in [2.05, 4.69) is 10.1 Å². The molecule has 1 aromatic rings. The highest BCUT2D eigenvalue weighted by atomic mass is 19.4. The Balaban J connectivity index is 1.70. The summed E-state index contributed by atoms with van der Waals surface area (Å²) in [6, 6.07) is -0.449. The normalized spacial score (nSPS) is 26.6. The first-order valence-corrected chi connectivity index (χ1v) is 8.03. The Hall–Kier alpha value is -1.11. The van der Waals surface area contributed by atoms with Crippen LogP contribution in [0.25, 0.3) is 0 Å². The lowest BCUT2D eigenvalue weighted by molar-refractivity contribution is -0.198. The SMILES string of the molecule is CN(Cc1nc(C2CC2)nn1C)[C@H]1CCCC[C@H]1C(F)(F)F. The van der Waals surface area contributed by atoms with Gasteiger partial charge in [0.1, 0.15) is 5.82 Å². The molecule has 0 amide bonds. The fourth-order valence-corrected chi connectivity index (χ4v) is 3.45. The lowest BCUT2D eigenvalue weighted by atomic mass is 9.83. The molecule has 7 heteroatoms. The molecule has 1 heterocycles. The van der Waals surface area contributed by atoms with E-state index in [9.17, 15) is 13.2 Å². The van der Waals surface area contributed by atoms with E-state index in [4.69, 9.17) is 0 Å². The standard InChI is InChI=1S/C15H23F3N4/c1-21(12-6-4-3-5-11(12)15(16,17)18)9-13-19-14(10-7-8-10)20-22(13)2/h10-12H,3-9H2,1-2H3/t11-,12+/m1/s1. The van der Waals surface area contributed by atoms with E-state index in [1.54, 1.807) is 11.7 Å². The summed E-state index contributed by atoms with van der Waals surface area (Å²) in [4.78, 5) is 6.34. The van der Waals surface area contributed by atoms with Crippen LogP contribution in [0.3, 0.4) is 0 Å². The van der Waals surface area contributed by atoms with Gasteiger partial charge in [0.2, 0.25) is 0 Å². The summed E-state index contributed by atoms with van der Waals surface area (Å²) in [6.07, 6.45) is 0.519. The van der Waals surface area contributed by atoms with Crippen LogP contribution in [0.4, 0.5) is 13.2 Å². The Kier molecular flexibility index (Phi) is 4.18. The first-order chi connectivity index (χ1) is 10.4. The Bertz CT molecular complexity index is 521. The van der Waals surface area contributed by atoms with Crippen LogP contribution in [0.15, 0.2) is 0 Å². The van der Waals surface area contributed by atoms with E-state index in [-0.39, 0.29) is 6.42 Å². The maximum absolute atomic E-state index is 13.2. The first kappa shape index (κ1) is 15.8. The van der Waals surface area contributed by atoms with E-state index in [0.29, 0.717) is 25.3 Å². The lowest BCUT2D eigenvalue weighted by Gasteiger charge is -2.38. The number of hydrogen-bond donors (Lipinski definition) is 0. The van der Waals surface area contributed by atoms with Gasteiger partial charge < -0.3 is 0 Å². The highest BCUT2D eigenvalue weighted by molar-refractivity contribution is 5.06. The minimum Gasteiger partial charge on any atom is -0.295 e. The Morgan fingerprint density at radius 1 is 1.18 bits per heavy atom. The third-order valence-electron chi connectivity index (χ3n) is 4.92. The van der Waals surface area contributed by atoms with E-state index in [1.807, 2.05) is 11.9 Å². The average molecular weight is 316 g/mol. The van der Waals surface area contributed by atoms with Crippen LogP contribution in [-0.2, 0) is 13.6 Å². The molecule has 2 saturated carbocycles. The zero-order valence-corrected chi connectivity index (χ0v) is 13.1. The topological polar surface area (TPSA) is 34.0 Å². The maximum Gasteiger partial charge on any atom is 0.393 e. The van der Waals surface area contributed by atoms with Crippen LogP contribution in [0.5, 0.6) is 0 Å². The molecule has 22 heavy (non-hydrogen) atoms. The molecular weight excluding hydrogens is 293 g/mol. The van der Waals surface area contributed by atoms with Crippen molar-refractivity contribution in [3.05, 3.63) is 11.6 Å². The van der Waals surface area contributed by atoms with E-state index in [1.165, 1.54) is 0 Å². The van der Waals surface area contributed by atoms with Crippen molar-refractivity contribution in [3.63, 3.8) is 0 Å². The largest absolute Gasteiger partial charge is 0.393 e. The molecule has 0 saturated heterocycles. The van der Waals surface area contributed by atoms with Gasteiger partial charge in [0.15, 0.2) is 5.82 Å². The van der Waals surface area contributed by atoms with Gasteiger partial charge in [-0.2, -0.15) is 18.3 Å². The molecule has 0 bridgehead atoms. The maximum atomic E-state index is 13.2. The van der Waals surface area contributed by atoms with Crippen LogP contribution in [0.2, 0.25) is 0 Å². The molecule has 0 spiro atoms. The average Bonchev–Trinajstić information content (AvgIpc) is 3.24. The van der Waals surface area contributed by atoms with Crippen molar-refractivity contribution >= 4 is 0 Å². The Labute approximate surface area is 128 Å². The van der Waals surface area contributed by atoms with Crippen molar-refractivity contribution in [1.29, 1.82) is 0 Å². The van der Waals surface area contributed by atoms with E-state index in [0.717, 1.165) is 30.9 Å². The molecule has 1 aromatic heterocycles. The molecule has 0 radical (unpaired) electrons. The molecule has 124 valence electrons. The van der Waals surface area contributed by atoms with Crippen LogP contribution in [0.1, 0.15) is 56.1 Å². The monoisotopic (exact) mass is 316 g/mol. The molecule has 2 aliphatic rings. The third-order valence-corrected chi connectivity index (χ3v) is 4.92. The van der Waals surface area contributed by atoms with Gasteiger partial charge in [-0.3, -0.25) is 9.58 Å². The summed E-state index contributed by atoms with van der Waals surface area (Å²) in [7, 11) is 3.60. The zero-order valence-electron chi connectivity index (χ0n) is 13.1. The summed E-state index contributed by atoms with van der Waals surface area (Å²) in [5.74, 6) is 0.850. The molecule has 0 aromatic carbocycles. The van der Waals surface area contributed by atoms with Gasteiger partial charge >= 0.3 is 6.18 Å². The quantitative estimate of drug-likeness (QED) is 0.855. The van der Waals surface area contributed by atoms with Crippen molar-refractivity contribution in [2.45, 2.75) is 63.2 Å². The summed E-state index contributed by atoms with van der Waals surface area (Å²) >= 11 is 0. The molecule has 0 aliphatic heterocycles. The summed E-state index contributed by atoms with van der Waals surface area (Å²) in [6.45, 7) is 0.424. The number of rotatable bonds is 4.